The molecule has 0 radical (unpaired) electrons. The predicted molar refractivity (Wildman–Crippen MR) is 127 cm³/mol. The van der Waals surface area contributed by atoms with E-state index in [1.807, 2.05) is 37.3 Å². The third-order valence-electron chi connectivity index (χ3n) is 5.31. The van der Waals surface area contributed by atoms with E-state index in [0.29, 0.717) is 40.3 Å². The Morgan fingerprint density at radius 1 is 1.09 bits per heavy atom. The van der Waals surface area contributed by atoms with Gasteiger partial charge in [-0.1, -0.05) is 30.3 Å². The molecule has 0 saturated carbocycles. The van der Waals surface area contributed by atoms with Crippen molar-refractivity contribution in [3.63, 3.8) is 0 Å². The lowest BCUT2D eigenvalue weighted by atomic mass is 10.1. The maximum atomic E-state index is 13.4. The van der Waals surface area contributed by atoms with Crippen molar-refractivity contribution in [3.05, 3.63) is 72.4 Å². The number of hydrogen-bond acceptors (Lipinski definition) is 5. The van der Waals surface area contributed by atoms with Crippen LogP contribution in [0, 0.1) is 0 Å². The fourth-order valence-corrected chi connectivity index (χ4v) is 3.58. The molecule has 2 heterocycles. The summed E-state index contributed by atoms with van der Waals surface area (Å²) in [6.07, 6.45) is 1.65. The molecule has 4 aromatic rings. The fourth-order valence-electron chi connectivity index (χ4n) is 3.58. The lowest BCUT2D eigenvalue weighted by molar-refractivity contribution is -0.116. The highest BCUT2D eigenvalue weighted by Gasteiger charge is 2.21. The Bertz CT molecular complexity index is 1280. The minimum atomic E-state index is -0.297. The van der Waals surface area contributed by atoms with Crippen LogP contribution in [0.1, 0.15) is 17.3 Å². The number of benzene rings is 2. The maximum absolute atomic E-state index is 13.4. The second kappa shape index (κ2) is 9.52. The van der Waals surface area contributed by atoms with Crippen molar-refractivity contribution in [2.75, 3.05) is 26.0 Å². The number of pyridine rings is 1. The summed E-state index contributed by atoms with van der Waals surface area (Å²) < 4.78 is 6.89. The average Bonchev–Trinajstić information content (AvgIpc) is 3.27. The summed E-state index contributed by atoms with van der Waals surface area (Å²) in [4.78, 5) is 32.1. The number of likely N-dealkylation sites (N-methyl/N-ethyl adjacent to an activating group) is 1. The highest BCUT2D eigenvalue weighted by molar-refractivity contribution is 6.07. The van der Waals surface area contributed by atoms with Gasteiger partial charge in [0.15, 0.2) is 5.65 Å². The van der Waals surface area contributed by atoms with Crippen LogP contribution in [0.5, 0.6) is 5.75 Å². The number of carbonyl (C=O) groups excluding carboxylic acids is 2. The van der Waals surface area contributed by atoms with Gasteiger partial charge >= 0.3 is 0 Å². The molecular formula is C25H25N5O3. The normalized spacial score (nSPS) is 10.8. The van der Waals surface area contributed by atoms with Crippen molar-refractivity contribution < 1.29 is 14.3 Å². The van der Waals surface area contributed by atoms with Crippen LogP contribution in [0.3, 0.4) is 0 Å². The fraction of sp³-hybridized carbons (Fsp3) is 0.200. The van der Waals surface area contributed by atoms with Gasteiger partial charge in [0.1, 0.15) is 5.75 Å². The Balaban J connectivity index is 1.59. The molecule has 4 rings (SSSR count). The van der Waals surface area contributed by atoms with Gasteiger partial charge in [-0.3, -0.25) is 9.59 Å². The molecule has 0 spiro atoms. The molecule has 2 aromatic carbocycles. The number of nitrogens with zero attached hydrogens (tertiary/aromatic N) is 4. The van der Waals surface area contributed by atoms with E-state index < -0.39 is 0 Å². The van der Waals surface area contributed by atoms with Crippen LogP contribution in [0.4, 0.5) is 5.69 Å². The number of fused-ring (bicyclic) bond motifs is 1. The summed E-state index contributed by atoms with van der Waals surface area (Å²) in [5.41, 5.74) is 3.30. The van der Waals surface area contributed by atoms with Crippen LogP contribution in [-0.2, 0) is 11.3 Å². The molecule has 8 heteroatoms. The third kappa shape index (κ3) is 4.69. The number of nitrogens with one attached hydrogen (secondary N) is 1. The summed E-state index contributed by atoms with van der Waals surface area (Å²) in [6.45, 7) is 2.50. The largest absolute Gasteiger partial charge is 0.497 e. The first-order valence-corrected chi connectivity index (χ1v) is 10.6. The molecule has 1 N–H and O–H groups in total. The molecule has 0 aliphatic rings. The van der Waals surface area contributed by atoms with E-state index in [0.717, 1.165) is 5.56 Å². The number of aromatic nitrogens is 3. The molecule has 0 bridgehead atoms. The van der Waals surface area contributed by atoms with Crippen LogP contribution in [0.25, 0.3) is 22.3 Å². The van der Waals surface area contributed by atoms with Gasteiger partial charge in [-0.05, 0) is 37.3 Å². The van der Waals surface area contributed by atoms with Gasteiger partial charge in [-0.2, -0.15) is 5.10 Å². The topological polar surface area (TPSA) is 89.4 Å². The van der Waals surface area contributed by atoms with Crippen molar-refractivity contribution in [1.29, 1.82) is 0 Å². The molecule has 0 aliphatic heterocycles. The molecule has 2 amide bonds. The first-order valence-electron chi connectivity index (χ1n) is 10.6. The first kappa shape index (κ1) is 22.0. The summed E-state index contributed by atoms with van der Waals surface area (Å²) in [5, 5.41) is 7.83. The lowest BCUT2D eigenvalue weighted by Crippen LogP contribution is -2.35. The van der Waals surface area contributed by atoms with Crippen LogP contribution >= 0.6 is 0 Å². The Kier molecular flexibility index (Phi) is 6.35. The standard InChI is InChI=1S/C25H25N5O3/c1-4-30-24-21(15-26-30)20(14-22(28-24)17-8-6-5-7-9-17)25(32)29(2)16-23(31)27-18-10-12-19(33-3)13-11-18/h5-15H,4,16H2,1-3H3,(H,27,31). The van der Waals surface area contributed by atoms with Crippen LogP contribution in [0.15, 0.2) is 66.9 Å². The number of anilines is 1. The van der Waals surface area contributed by atoms with Crippen molar-refractivity contribution >= 4 is 28.5 Å². The van der Waals surface area contributed by atoms with Crippen molar-refractivity contribution in [2.45, 2.75) is 13.5 Å². The lowest BCUT2D eigenvalue weighted by Gasteiger charge is -2.18. The molecule has 0 aliphatic carbocycles. The van der Waals surface area contributed by atoms with Crippen molar-refractivity contribution in [3.8, 4) is 17.0 Å². The quantitative estimate of drug-likeness (QED) is 0.469. The molecule has 2 aromatic heterocycles. The SMILES string of the molecule is CCn1ncc2c(C(=O)N(C)CC(=O)Nc3ccc(OC)cc3)cc(-c3ccccc3)nc21. The molecule has 33 heavy (non-hydrogen) atoms. The highest BCUT2D eigenvalue weighted by atomic mass is 16.5. The number of rotatable bonds is 7. The smallest absolute Gasteiger partial charge is 0.254 e. The molecular weight excluding hydrogens is 418 g/mol. The van der Waals surface area contributed by atoms with E-state index in [4.69, 9.17) is 9.72 Å². The summed E-state index contributed by atoms with van der Waals surface area (Å²) >= 11 is 0. The zero-order chi connectivity index (χ0) is 23.4. The number of amides is 2. The second-order valence-electron chi connectivity index (χ2n) is 7.56. The molecule has 0 atom stereocenters. The van der Waals surface area contributed by atoms with Gasteiger partial charge in [0.05, 0.1) is 36.5 Å². The maximum Gasteiger partial charge on any atom is 0.254 e. The Hall–Kier alpha value is -4.20. The van der Waals surface area contributed by atoms with Crippen LogP contribution < -0.4 is 10.1 Å². The Morgan fingerprint density at radius 3 is 2.48 bits per heavy atom. The minimum Gasteiger partial charge on any atom is -0.497 e. The minimum absolute atomic E-state index is 0.0999. The van der Waals surface area contributed by atoms with E-state index in [1.165, 1.54) is 4.90 Å². The molecule has 168 valence electrons. The Labute approximate surface area is 191 Å². The number of carbonyl (C=O) groups is 2. The summed E-state index contributed by atoms with van der Waals surface area (Å²) in [5.74, 6) is 0.123. The van der Waals surface area contributed by atoms with Gasteiger partial charge in [-0.15, -0.1) is 0 Å². The van der Waals surface area contributed by atoms with E-state index in [9.17, 15) is 9.59 Å². The summed E-state index contributed by atoms with van der Waals surface area (Å²) in [7, 11) is 3.19. The average molecular weight is 444 g/mol. The second-order valence-corrected chi connectivity index (χ2v) is 7.56. The first-order chi connectivity index (χ1) is 16.0. The zero-order valence-corrected chi connectivity index (χ0v) is 18.8. The molecule has 0 saturated heterocycles. The number of aryl methyl sites for hydroxylation is 1. The van der Waals surface area contributed by atoms with Crippen LogP contribution in [-0.4, -0.2) is 52.2 Å². The van der Waals surface area contributed by atoms with Gasteiger partial charge in [0.25, 0.3) is 5.91 Å². The zero-order valence-electron chi connectivity index (χ0n) is 18.8. The van der Waals surface area contributed by atoms with Gasteiger partial charge in [0.2, 0.25) is 5.91 Å². The van der Waals surface area contributed by atoms with Crippen molar-refractivity contribution in [1.82, 2.24) is 19.7 Å². The number of ether oxygens (including phenoxy) is 1. The van der Waals surface area contributed by atoms with E-state index >= 15 is 0 Å². The Morgan fingerprint density at radius 2 is 1.82 bits per heavy atom. The highest BCUT2D eigenvalue weighted by Crippen LogP contribution is 2.26. The molecule has 0 fully saturated rings. The van der Waals surface area contributed by atoms with E-state index in [1.54, 1.807) is 55.4 Å². The summed E-state index contributed by atoms with van der Waals surface area (Å²) in [6, 6.07) is 18.4. The van der Waals surface area contributed by atoms with E-state index in [2.05, 4.69) is 10.4 Å². The molecule has 0 unspecified atom stereocenters. The predicted octanol–water partition coefficient (Wildman–Crippen LogP) is 3.84. The van der Waals surface area contributed by atoms with Crippen molar-refractivity contribution in [2.24, 2.45) is 0 Å². The van der Waals surface area contributed by atoms with Gasteiger partial charge in [-0.25, -0.2) is 9.67 Å². The monoisotopic (exact) mass is 443 g/mol. The number of methoxy groups -OCH3 is 1. The van der Waals surface area contributed by atoms with Crippen LogP contribution in [0.2, 0.25) is 0 Å². The number of hydrogen-bond donors (Lipinski definition) is 1. The molecule has 8 nitrogen and oxygen atoms in total. The van der Waals surface area contributed by atoms with Gasteiger partial charge in [0, 0.05) is 24.8 Å². The van der Waals surface area contributed by atoms with Gasteiger partial charge < -0.3 is 15.0 Å². The third-order valence-corrected chi connectivity index (χ3v) is 5.31. The van der Waals surface area contributed by atoms with E-state index in [-0.39, 0.29) is 18.4 Å².